The summed E-state index contributed by atoms with van der Waals surface area (Å²) in [6.07, 6.45) is 0. The van der Waals surface area contributed by atoms with Crippen LogP contribution in [0.25, 0.3) is 22.3 Å². The van der Waals surface area contributed by atoms with E-state index in [9.17, 15) is 13.0 Å². The van der Waals surface area contributed by atoms with Crippen molar-refractivity contribution in [2.75, 3.05) is 9.80 Å². The number of anilines is 2. The first-order chi connectivity index (χ1) is 29.9. The van der Waals surface area contributed by atoms with E-state index in [0.29, 0.717) is 17.5 Å². The molecular weight excluding hydrogens is 793 g/mol. The largest absolute Gasteiger partial charge is 0.332 e. The number of hydrogen-bond donors (Lipinski definition) is 1. The molecule has 0 aromatic heterocycles. The van der Waals surface area contributed by atoms with Gasteiger partial charge in [-0.25, -0.2) is 0 Å². The normalized spacial score (nSPS) is 15.9. The topological polar surface area (TPSA) is 60.9 Å². The highest BCUT2D eigenvalue weighted by Crippen LogP contribution is 2.53. The maximum atomic E-state index is 13.1. The first-order valence-corrected chi connectivity index (χ1v) is 24.3. The summed E-state index contributed by atoms with van der Waals surface area (Å²) in [5, 5.41) is 0. The molecule has 2 atom stereocenters. The second-order valence-electron chi connectivity index (χ2n) is 19.3. The van der Waals surface area contributed by atoms with Crippen LogP contribution in [-0.2, 0) is 10.1 Å². The van der Waals surface area contributed by atoms with Gasteiger partial charge in [0.25, 0.3) is 10.1 Å². The SMILES string of the molecule is CC(C)c1cc(C(C)C)c(-c2cc(-c3c(C(C)C)cc(C(C)C)cc3C(C)C)cc(N3[C]N(c4ccccc4S(=O)(=O)O)[C@@H](c4ccccc4)[C@@H]3c3ccccc3)c2)c(C(C)C)c1. The number of nitrogens with zero attached hydrogens (tertiary/aromatic N) is 2. The number of hydrogen-bond acceptors (Lipinski definition) is 4. The first kappa shape index (κ1) is 45.8. The molecule has 1 aliphatic rings. The van der Waals surface area contributed by atoms with Crippen LogP contribution in [0.2, 0.25) is 0 Å². The molecule has 1 fully saturated rings. The third-order valence-corrected chi connectivity index (χ3v) is 13.7. The molecule has 0 saturated carbocycles. The van der Waals surface area contributed by atoms with E-state index in [1.54, 1.807) is 12.1 Å². The number of para-hydroxylation sites is 1. The molecule has 328 valence electrons. The molecule has 63 heavy (non-hydrogen) atoms. The zero-order valence-electron chi connectivity index (χ0n) is 39.3. The third kappa shape index (κ3) is 9.26. The second kappa shape index (κ2) is 18.5. The van der Waals surface area contributed by atoms with Crippen LogP contribution in [0.4, 0.5) is 11.4 Å². The lowest BCUT2D eigenvalue weighted by atomic mass is 9.79. The summed E-state index contributed by atoms with van der Waals surface area (Å²) >= 11 is 0. The highest BCUT2D eigenvalue weighted by molar-refractivity contribution is 7.86. The van der Waals surface area contributed by atoms with Crippen molar-refractivity contribution in [2.24, 2.45) is 0 Å². The monoisotopic (exact) mass is 858 g/mol. The molecule has 6 aromatic rings. The van der Waals surface area contributed by atoms with E-state index < -0.39 is 16.2 Å². The van der Waals surface area contributed by atoms with Crippen molar-refractivity contribution < 1.29 is 13.0 Å². The quantitative estimate of drug-likeness (QED) is 0.117. The second-order valence-corrected chi connectivity index (χ2v) is 20.7. The lowest BCUT2D eigenvalue weighted by Gasteiger charge is -2.31. The Morgan fingerprint density at radius 3 is 1.19 bits per heavy atom. The van der Waals surface area contributed by atoms with Crippen molar-refractivity contribution in [3.05, 3.63) is 179 Å². The molecule has 0 unspecified atom stereocenters. The van der Waals surface area contributed by atoms with Gasteiger partial charge in [-0.1, -0.05) is 180 Å². The van der Waals surface area contributed by atoms with Crippen LogP contribution in [0.5, 0.6) is 0 Å². The summed E-state index contributed by atoms with van der Waals surface area (Å²) < 4.78 is 36.9. The molecule has 6 aromatic carbocycles. The van der Waals surface area contributed by atoms with Gasteiger partial charge in [-0.05, 0) is 133 Å². The van der Waals surface area contributed by atoms with Crippen molar-refractivity contribution in [3.8, 4) is 22.3 Å². The van der Waals surface area contributed by atoms with Gasteiger partial charge in [0.05, 0.1) is 17.8 Å². The van der Waals surface area contributed by atoms with Gasteiger partial charge in [0.1, 0.15) is 4.90 Å². The van der Waals surface area contributed by atoms with E-state index in [1.165, 1.54) is 50.6 Å². The van der Waals surface area contributed by atoms with Gasteiger partial charge < -0.3 is 9.80 Å². The molecule has 0 spiro atoms. The molecular formula is C57H66N2O3S. The minimum atomic E-state index is -4.60. The minimum Gasteiger partial charge on any atom is -0.332 e. The average Bonchev–Trinajstić information content (AvgIpc) is 3.66. The van der Waals surface area contributed by atoms with Crippen molar-refractivity contribution in [3.63, 3.8) is 0 Å². The molecule has 1 N–H and O–H groups in total. The van der Waals surface area contributed by atoms with Gasteiger partial charge in [0.15, 0.2) is 0 Å². The fourth-order valence-electron chi connectivity index (χ4n) is 9.40. The summed E-state index contributed by atoms with van der Waals surface area (Å²) in [5.41, 5.74) is 16.2. The number of rotatable bonds is 13. The summed E-state index contributed by atoms with van der Waals surface area (Å²) in [4.78, 5) is 3.98. The number of benzene rings is 6. The maximum absolute atomic E-state index is 13.1. The van der Waals surface area contributed by atoms with Crippen LogP contribution >= 0.6 is 0 Å². The van der Waals surface area contributed by atoms with E-state index in [4.69, 9.17) is 0 Å². The Labute approximate surface area is 379 Å². The molecule has 0 amide bonds. The van der Waals surface area contributed by atoms with Crippen LogP contribution < -0.4 is 9.80 Å². The smallest absolute Gasteiger partial charge is 0.296 e. The Morgan fingerprint density at radius 2 is 0.825 bits per heavy atom. The highest BCUT2D eigenvalue weighted by atomic mass is 32.2. The zero-order chi connectivity index (χ0) is 45.5. The first-order valence-electron chi connectivity index (χ1n) is 22.9. The van der Waals surface area contributed by atoms with Crippen LogP contribution in [0.15, 0.2) is 132 Å². The molecule has 5 nitrogen and oxygen atoms in total. The van der Waals surface area contributed by atoms with E-state index in [2.05, 4.69) is 174 Å². The summed E-state index contributed by atoms with van der Waals surface area (Å²) in [6.45, 7) is 31.3. The van der Waals surface area contributed by atoms with Crippen LogP contribution in [-0.4, -0.2) is 13.0 Å². The van der Waals surface area contributed by atoms with E-state index >= 15 is 0 Å². The summed E-state index contributed by atoms with van der Waals surface area (Å²) in [6, 6.07) is 43.4. The minimum absolute atomic E-state index is 0.164. The molecule has 1 saturated heterocycles. The van der Waals surface area contributed by atoms with Gasteiger partial charge in [-0.2, -0.15) is 8.42 Å². The van der Waals surface area contributed by atoms with E-state index in [1.807, 2.05) is 35.2 Å². The van der Waals surface area contributed by atoms with Crippen molar-refractivity contribution in [1.29, 1.82) is 0 Å². The van der Waals surface area contributed by atoms with E-state index in [0.717, 1.165) is 27.9 Å². The third-order valence-electron chi connectivity index (χ3n) is 12.8. The van der Waals surface area contributed by atoms with Crippen molar-refractivity contribution in [2.45, 2.75) is 136 Å². The standard InChI is InChI=1S/C57H66N2O3S/c1-35(2)43-30-48(37(5)6)54(49(31-43)38(7)8)45-27-46(55-50(39(9)10)32-44(36(3)4)33-51(55)40(11)12)29-47(28-45)58-34-59(52-25-19-20-26-53(52)63(60,61)62)57(42-23-17-14-18-24-42)56(58)41-21-15-13-16-22-41/h13-33,35-40,56-57H,1-12H3,(H,60,61,62)/t56-,57-/m0/s1. The summed E-state index contributed by atoms with van der Waals surface area (Å²) in [5.74, 6) is 1.82. The lowest BCUT2D eigenvalue weighted by molar-refractivity contribution is 0.483. The Hall–Kier alpha value is -5.17. The Morgan fingerprint density at radius 1 is 0.460 bits per heavy atom. The van der Waals surface area contributed by atoms with Gasteiger partial charge in [-0.3, -0.25) is 4.55 Å². The van der Waals surface area contributed by atoms with Gasteiger partial charge in [0, 0.05) is 5.69 Å². The molecule has 2 radical (unpaired) electrons. The molecule has 0 bridgehead atoms. The zero-order valence-corrected chi connectivity index (χ0v) is 40.1. The van der Waals surface area contributed by atoms with Crippen LogP contribution in [0.3, 0.4) is 0 Å². The molecule has 6 heteroatoms. The van der Waals surface area contributed by atoms with Gasteiger partial charge >= 0.3 is 0 Å². The predicted molar refractivity (Wildman–Crippen MR) is 265 cm³/mol. The predicted octanol–water partition coefficient (Wildman–Crippen LogP) is 15.8. The van der Waals surface area contributed by atoms with Crippen LogP contribution in [0.1, 0.15) is 175 Å². The Balaban J connectivity index is 1.62. The molecule has 1 aliphatic heterocycles. The van der Waals surface area contributed by atoms with E-state index in [-0.39, 0.29) is 34.6 Å². The average molecular weight is 859 g/mol. The highest BCUT2D eigenvalue weighted by Gasteiger charge is 2.45. The molecule has 7 rings (SSSR count). The van der Waals surface area contributed by atoms with Crippen molar-refractivity contribution >= 4 is 21.5 Å². The van der Waals surface area contributed by atoms with Crippen LogP contribution in [0, 0.1) is 6.67 Å². The fourth-order valence-corrected chi connectivity index (χ4v) is 10.1. The fraction of sp³-hybridized carbons (Fsp3) is 0.351. The molecule has 1 heterocycles. The Bertz CT molecular complexity index is 2510. The van der Waals surface area contributed by atoms with Gasteiger partial charge in [-0.15, -0.1) is 0 Å². The maximum Gasteiger partial charge on any atom is 0.296 e. The summed E-state index contributed by atoms with van der Waals surface area (Å²) in [7, 11) is -4.60. The van der Waals surface area contributed by atoms with Gasteiger partial charge in [0.2, 0.25) is 6.67 Å². The van der Waals surface area contributed by atoms with Crippen molar-refractivity contribution in [1.82, 2.24) is 0 Å². The Kier molecular flexibility index (Phi) is 13.5. The molecule has 0 aliphatic carbocycles. The lowest BCUT2D eigenvalue weighted by Crippen LogP contribution is -2.24.